The number of nitrogens with one attached hydrogen (secondary N) is 1. The van der Waals surface area contributed by atoms with E-state index in [2.05, 4.69) is 42.0 Å². The number of hydrogen-bond acceptors (Lipinski definition) is 7. The molecule has 0 saturated heterocycles. The van der Waals surface area contributed by atoms with E-state index in [1.165, 1.54) is 6.33 Å². The van der Waals surface area contributed by atoms with Crippen LogP contribution in [0.5, 0.6) is 0 Å². The first kappa shape index (κ1) is 12.7. The summed E-state index contributed by atoms with van der Waals surface area (Å²) in [6, 6.07) is 1.91. The lowest BCUT2D eigenvalue weighted by Crippen LogP contribution is -1.92. The van der Waals surface area contributed by atoms with E-state index in [0.29, 0.717) is 22.5 Å². The Hall–Kier alpha value is -3.05. The van der Waals surface area contributed by atoms with Crippen LogP contribution in [-0.4, -0.2) is 30.1 Å². The molecule has 4 aromatic rings. The smallest absolute Gasteiger partial charge is 0.187 e. The standard InChI is InChI=1S/C14H9N7S/c1-7-19-10-4-8(5-16-14(10)22-7)2-3-9-11-12(15)17-6-18-13(11)21-20-9/h4-6H,1H3,(H3,15,17,18,20,21). The first-order chi connectivity index (χ1) is 10.7. The second-order valence-electron chi connectivity index (χ2n) is 4.59. The van der Waals surface area contributed by atoms with Crippen LogP contribution in [0.4, 0.5) is 5.82 Å². The third-order valence-electron chi connectivity index (χ3n) is 3.07. The Morgan fingerprint density at radius 3 is 3.05 bits per heavy atom. The predicted molar refractivity (Wildman–Crippen MR) is 84.2 cm³/mol. The average molecular weight is 307 g/mol. The number of nitrogens with two attached hydrogens (primary N) is 1. The van der Waals surface area contributed by atoms with E-state index in [0.717, 1.165) is 20.9 Å². The van der Waals surface area contributed by atoms with Gasteiger partial charge in [0.1, 0.15) is 28.2 Å². The van der Waals surface area contributed by atoms with Crippen LogP contribution in [0.1, 0.15) is 16.3 Å². The number of aromatic nitrogens is 6. The number of anilines is 1. The van der Waals surface area contributed by atoms with Crippen molar-refractivity contribution in [3.8, 4) is 11.8 Å². The van der Waals surface area contributed by atoms with Gasteiger partial charge >= 0.3 is 0 Å². The molecular formula is C14H9N7S. The lowest BCUT2D eigenvalue weighted by atomic mass is 10.2. The SMILES string of the molecule is Cc1nc2cc(C#Cc3[nH]nc4ncnc(N)c34)cnc2s1. The van der Waals surface area contributed by atoms with E-state index < -0.39 is 0 Å². The molecule has 0 unspecified atom stereocenters. The molecule has 22 heavy (non-hydrogen) atoms. The quantitative estimate of drug-likeness (QED) is 0.478. The van der Waals surface area contributed by atoms with E-state index in [9.17, 15) is 0 Å². The highest BCUT2D eigenvalue weighted by Gasteiger charge is 2.08. The van der Waals surface area contributed by atoms with Crippen LogP contribution in [0.3, 0.4) is 0 Å². The molecule has 3 N–H and O–H groups in total. The van der Waals surface area contributed by atoms with Crippen molar-refractivity contribution in [1.29, 1.82) is 0 Å². The van der Waals surface area contributed by atoms with E-state index in [1.54, 1.807) is 17.5 Å². The maximum absolute atomic E-state index is 5.85. The molecule has 0 atom stereocenters. The average Bonchev–Trinajstić information content (AvgIpc) is 3.07. The van der Waals surface area contributed by atoms with Crippen molar-refractivity contribution in [3.63, 3.8) is 0 Å². The molecule has 8 heteroatoms. The Labute approximate surface area is 128 Å². The number of thiazole rings is 1. The zero-order chi connectivity index (χ0) is 15.1. The normalized spacial score (nSPS) is 10.8. The van der Waals surface area contributed by atoms with Gasteiger partial charge in [0.05, 0.1) is 10.4 Å². The van der Waals surface area contributed by atoms with Gasteiger partial charge in [-0.25, -0.2) is 19.9 Å². The van der Waals surface area contributed by atoms with E-state index in [-0.39, 0.29) is 0 Å². The molecule has 106 valence electrons. The minimum atomic E-state index is 0.353. The van der Waals surface area contributed by atoms with Crippen LogP contribution in [0.25, 0.3) is 21.4 Å². The summed E-state index contributed by atoms with van der Waals surface area (Å²) in [6.45, 7) is 1.96. The number of aromatic amines is 1. The Morgan fingerprint density at radius 1 is 1.23 bits per heavy atom. The number of H-pyrrole nitrogens is 1. The van der Waals surface area contributed by atoms with Crippen LogP contribution >= 0.6 is 11.3 Å². The van der Waals surface area contributed by atoms with Crippen molar-refractivity contribution in [2.45, 2.75) is 6.92 Å². The lowest BCUT2D eigenvalue weighted by Gasteiger charge is -1.92. The number of pyridine rings is 1. The van der Waals surface area contributed by atoms with Crippen LogP contribution in [0.2, 0.25) is 0 Å². The molecule has 0 aliphatic heterocycles. The fourth-order valence-corrected chi connectivity index (χ4v) is 2.84. The number of aryl methyl sites for hydroxylation is 1. The molecule has 4 rings (SSSR count). The fourth-order valence-electron chi connectivity index (χ4n) is 2.10. The van der Waals surface area contributed by atoms with Gasteiger partial charge in [-0.05, 0) is 18.9 Å². The van der Waals surface area contributed by atoms with E-state index >= 15 is 0 Å². The monoisotopic (exact) mass is 307 g/mol. The van der Waals surface area contributed by atoms with Crippen LogP contribution in [0.15, 0.2) is 18.6 Å². The van der Waals surface area contributed by atoms with Gasteiger partial charge < -0.3 is 5.73 Å². The molecule has 0 aromatic carbocycles. The lowest BCUT2D eigenvalue weighted by molar-refractivity contribution is 1.08. The highest BCUT2D eigenvalue weighted by Crippen LogP contribution is 2.20. The number of rotatable bonds is 0. The number of nitrogens with zero attached hydrogens (tertiary/aromatic N) is 5. The topological polar surface area (TPSA) is 106 Å². The molecule has 0 fully saturated rings. The maximum Gasteiger partial charge on any atom is 0.187 e. The molecule has 7 nitrogen and oxygen atoms in total. The summed E-state index contributed by atoms with van der Waals surface area (Å²) >= 11 is 1.56. The first-order valence-electron chi connectivity index (χ1n) is 6.40. The van der Waals surface area contributed by atoms with Crippen molar-refractivity contribution in [1.82, 2.24) is 30.1 Å². The van der Waals surface area contributed by atoms with Crippen molar-refractivity contribution in [3.05, 3.63) is 34.9 Å². The Bertz CT molecular complexity index is 1070. The first-order valence-corrected chi connectivity index (χ1v) is 7.22. The Morgan fingerprint density at radius 2 is 2.14 bits per heavy atom. The zero-order valence-corrected chi connectivity index (χ0v) is 12.3. The third-order valence-corrected chi connectivity index (χ3v) is 3.96. The van der Waals surface area contributed by atoms with E-state index in [1.807, 2.05) is 13.0 Å². The second kappa shape index (κ2) is 4.75. The zero-order valence-electron chi connectivity index (χ0n) is 11.5. The van der Waals surface area contributed by atoms with Gasteiger partial charge in [0, 0.05) is 11.8 Å². The minimum Gasteiger partial charge on any atom is -0.383 e. The van der Waals surface area contributed by atoms with Gasteiger partial charge in [-0.3, -0.25) is 5.10 Å². The Balaban J connectivity index is 1.80. The van der Waals surface area contributed by atoms with Gasteiger partial charge in [0.15, 0.2) is 5.65 Å². The van der Waals surface area contributed by atoms with Gasteiger partial charge in [0.2, 0.25) is 0 Å². The highest BCUT2D eigenvalue weighted by atomic mass is 32.1. The molecule has 0 spiro atoms. The fraction of sp³-hybridized carbons (Fsp3) is 0.0714. The maximum atomic E-state index is 5.85. The number of fused-ring (bicyclic) bond motifs is 2. The molecule has 0 aliphatic rings. The summed E-state index contributed by atoms with van der Waals surface area (Å²) in [4.78, 5) is 17.7. The van der Waals surface area contributed by atoms with Crippen molar-refractivity contribution in [2.75, 3.05) is 5.73 Å². The highest BCUT2D eigenvalue weighted by molar-refractivity contribution is 7.18. The van der Waals surface area contributed by atoms with E-state index in [4.69, 9.17) is 5.73 Å². The second-order valence-corrected chi connectivity index (χ2v) is 5.77. The molecule has 0 bridgehead atoms. The molecule has 4 heterocycles. The summed E-state index contributed by atoms with van der Waals surface area (Å²) in [5.74, 6) is 6.39. The van der Waals surface area contributed by atoms with Crippen molar-refractivity contribution >= 4 is 38.5 Å². The molecule has 0 aliphatic carbocycles. The number of hydrogen-bond donors (Lipinski definition) is 2. The number of nitrogen functional groups attached to an aromatic ring is 1. The summed E-state index contributed by atoms with van der Waals surface area (Å²) in [6.07, 6.45) is 3.10. The van der Waals surface area contributed by atoms with Crippen LogP contribution in [-0.2, 0) is 0 Å². The molecule has 4 aromatic heterocycles. The van der Waals surface area contributed by atoms with Gasteiger partial charge in [-0.1, -0.05) is 17.3 Å². The van der Waals surface area contributed by atoms with Gasteiger partial charge in [0.25, 0.3) is 0 Å². The summed E-state index contributed by atoms with van der Waals surface area (Å²) < 4.78 is 0. The van der Waals surface area contributed by atoms with Crippen LogP contribution in [0, 0.1) is 18.8 Å². The Kier molecular flexibility index (Phi) is 2.74. The summed E-state index contributed by atoms with van der Waals surface area (Å²) in [7, 11) is 0. The predicted octanol–water partition coefficient (Wildman–Crippen LogP) is 1.65. The van der Waals surface area contributed by atoms with Crippen molar-refractivity contribution < 1.29 is 0 Å². The summed E-state index contributed by atoms with van der Waals surface area (Å²) in [5, 5.41) is 8.50. The molecule has 0 amide bonds. The van der Waals surface area contributed by atoms with Gasteiger partial charge in [-0.2, -0.15) is 5.10 Å². The molecule has 0 saturated carbocycles. The minimum absolute atomic E-state index is 0.353. The van der Waals surface area contributed by atoms with Crippen LogP contribution < -0.4 is 5.73 Å². The summed E-state index contributed by atoms with van der Waals surface area (Å²) in [5.41, 5.74) is 8.56. The van der Waals surface area contributed by atoms with Crippen molar-refractivity contribution in [2.24, 2.45) is 0 Å². The third kappa shape index (κ3) is 2.04. The largest absolute Gasteiger partial charge is 0.383 e. The van der Waals surface area contributed by atoms with Gasteiger partial charge in [-0.15, -0.1) is 0 Å². The molecule has 0 radical (unpaired) electrons. The molecular weight excluding hydrogens is 298 g/mol.